The third-order valence-electron chi connectivity index (χ3n) is 4.36. The second kappa shape index (κ2) is 7.27. The molecule has 0 atom stereocenters. The van der Waals surface area contributed by atoms with Crippen molar-refractivity contribution in [3.63, 3.8) is 0 Å². The summed E-state index contributed by atoms with van der Waals surface area (Å²) in [4.78, 5) is 14.1. The Balaban J connectivity index is 2.37. The van der Waals surface area contributed by atoms with Gasteiger partial charge in [0.05, 0.1) is 45.5 Å². The zero-order valence-electron chi connectivity index (χ0n) is 14.3. The molecule has 0 radical (unpaired) electrons. The highest BCUT2D eigenvalue weighted by atomic mass is 32.2. The van der Waals surface area contributed by atoms with E-state index < -0.39 is 10.1 Å². The van der Waals surface area contributed by atoms with Crippen LogP contribution in [0.4, 0.5) is 0 Å². The topological polar surface area (TPSA) is 74.7 Å². The Morgan fingerprint density at radius 2 is 1.77 bits per heavy atom. The van der Waals surface area contributed by atoms with Gasteiger partial charge < -0.3 is 9.38 Å². The molecule has 22 heavy (non-hydrogen) atoms. The number of piperazine rings is 1. The first kappa shape index (κ1) is 19.4. The standard InChI is InChI=1S/C15H30N2O4S/c1-15(2,3)7-6-14(18)16-8-11-17(4,12-9-16)10-5-13-22(19,20)21/h5-13H2,1-4H3/p+1. The molecule has 0 saturated carbocycles. The predicted molar refractivity (Wildman–Crippen MR) is 87.1 cm³/mol. The maximum absolute atomic E-state index is 12.2. The average molecular weight is 335 g/mol. The molecule has 1 amide bonds. The van der Waals surface area contributed by atoms with Crippen LogP contribution < -0.4 is 0 Å². The SMILES string of the molecule is CC(C)(C)CCC(=O)N1CC[N+](C)(CCCS(=O)(=O)O)CC1. The van der Waals surface area contributed by atoms with E-state index in [0.29, 0.717) is 19.4 Å². The van der Waals surface area contributed by atoms with Crippen LogP contribution in [0.5, 0.6) is 0 Å². The molecule has 1 saturated heterocycles. The van der Waals surface area contributed by atoms with E-state index in [1.807, 2.05) is 4.90 Å². The molecule has 0 unspecified atom stereocenters. The van der Waals surface area contributed by atoms with Crippen molar-refractivity contribution >= 4 is 16.0 Å². The van der Waals surface area contributed by atoms with E-state index in [9.17, 15) is 13.2 Å². The largest absolute Gasteiger partial charge is 0.331 e. The molecule has 1 fully saturated rings. The Labute approximate surface area is 134 Å². The van der Waals surface area contributed by atoms with Crippen molar-refractivity contribution in [2.24, 2.45) is 5.41 Å². The van der Waals surface area contributed by atoms with Crippen LogP contribution in [0, 0.1) is 5.41 Å². The molecule has 7 heteroatoms. The number of quaternary nitrogens is 1. The smallest absolute Gasteiger partial charge is 0.265 e. The number of likely N-dealkylation sites (N-methyl/N-ethyl adjacent to an activating group) is 1. The number of amides is 1. The number of rotatable bonds is 6. The third-order valence-corrected chi connectivity index (χ3v) is 5.17. The summed E-state index contributed by atoms with van der Waals surface area (Å²) in [7, 11) is -1.79. The zero-order chi connectivity index (χ0) is 17.0. The van der Waals surface area contributed by atoms with Crippen LogP contribution >= 0.6 is 0 Å². The number of nitrogens with zero attached hydrogens (tertiary/aromatic N) is 2. The van der Waals surface area contributed by atoms with Crippen molar-refractivity contribution in [3.8, 4) is 0 Å². The van der Waals surface area contributed by atoms with E-state index in [1.165, 1.54) is 0 Å². The van der Waals surface area contributed by atoms with Crippen molar-refractivity contribution in [2.45, 2.75) is 40.0 Å². The van der Waals surface area contributed by atoms with Gasteiger partial charge in [0, 0.05) is 12.8 Å². The van der Waals surface area contributed by atoms with Crippen LogP contribution in [0.1, 0.15) is 40.0 Å². The molecule has 0 aromatic carbocycles. The lowest BCUT2D eigenvalue weighted by Crippen LogP contribution is -2.58. The first-order valence-electron chi connectivity index (χ1n) is 7.97. The van der Waals surface area contributed by atoms with Crippen LogP contribution in [0.25, 0.3) is 0 Å². The van der Waals surface area contributed by atoms with Crippen molar-refractivity contribution in [1.29, 1.82) is 0 Å². The van der Waals surface area contributed by atoms with Gasteiger partial charge in [-0.15, -0.1) is 0 Å². The second-order valence-corrected chi connectivity index (χ2v) is 9.44. The molecule has 0 bridgehead atoms. The molecule has 6 nitrogen and oxygen atoms in total. The summed E-state index contributed by atoms with van der Waals surface area (Å²) < 4.78 is 31.1. The summed E-state index contributed by atoms with van der Waals surface area (Å²) >= 11 is 0. The molecule has 130 valence electrons. The predicted octanol–water partition coefficient (Wildman–Crippen LogP) is 1.38. The fraction of sp³-hybridized carbons (Fsp3) is 0.933. The van der Waals surface area contributed by atoms with Gasteiger partial charge in [-0.2, -0.15) is 8.42 Å². The molecular weight excluding hydrogens is 304 g/mol. The molecule has 0 spiro atoms. The first-order valence-corrected chi connectivity index (χ1v) is 9.58. The van der Waals surface area contributed by atoms with Gasteiger partial charge in [0.15, 0.2) is 0 Å². The Kier molecular flexibility index (Phi) is 6.41. The van der Waals surface area contributed by atoms with Crippen molar-refractivity contribution in [1.82, 2.24) is 4.90 Å². The lowest BCUT2D eigenvalue weighted by molar-refractivity contribution is -0.913. The van der Waals surface area contributed by atoms with Crippen LogP contribution in [0.15, 0.2) is 0 Å². The second-order valence-electron chi connectivity index (χ2n) is 7.87. The van der Waals surface area contributed by atoms with E-state index in [-0.39, 0.29) is 17.1 Å². The maximum Gasteiger partial charge on any atom is 0.265 e. The normalized spacial score (nSPS) is 19.2. The third kappa shape index (κ3) is 7.56. The summed E-state index contributed by atoms with van der Waals surface area (Å²) in [5.74, 6) is 0.0360. The number of carbonyl (C=O) groups excluding carboxylic acids is 1. The minimum atomic E-state index is -3.87. The summed E-state index contributed by atoms with van der Waals surface area (Å²) in [6, 6.07) is 0. The van der Waals surface area contributed by atoms with E-state index in [1.54, 1.807) is 0 Å². The highest BCUT2D eigenvalue weighted by molar-refractivity contribution is 7.85. The van der Waals surface area contributed by atoms with Crippen LogP contribution in [0.3, 0.4) is 0 Å². The van der Waals surface area contributed by atoms with Gasteiger partial charge in [0.1, 0.15) is 0 Å². The number of hydrogen-bond donors (Lipinski definition) is 1. The summed E-state index contributed by atoms with van der Waals surface area (Å²) in [5.41, 5.74) is 0.172. The summed E-state index contributed by atoms with van der Waals surface area (Å²) in [5, 5.41) is 0. The Hall–Kier alpha value is -0.660. The van der Waals surface area contributed by atoms with E-state index in [2.05, 4.69) is 27.8 Å². The first-order chi connectivity index (χ1) is 9.90. The van der Waals surface area contributed by atoms with E-state index >= 15 is 0 Å². The highest BCUT2D eigenvalue weighted by Gasteiger charge is 2.31. The van der Waals surface area contributed by atoms with Crippen molar-refractivity contribution in [2.75, 3.05) is 45.5 Å². The summed E-state index contributed by atoms with van der Waals surface area (Å²) in [6.45, 7) is 10.3. The van der Waals surface area contributed by atoms with Crippen molar-refractivity contribution < 1.29 is 22.2 Å². The van der Waals surface area contributed by atoms with Gasteiger partial charge >= 0.3 is 0 Å². The van der Waals surface area contributed by atoms with E-state index in [0.717, 1.165) is 37.1 Å². The molecule has 0 aromatic heterocycles. The Morgan fingerprint density at radius 1 is 1.23 bits per heavy atom. The molecule has 0 aliphatic carbocycles. The number of carbonyl (C=O) groups is 1. The van der Waals surface area contributed by atoms with Gasteiger partial charge in [-0.25, -0.2) is 0 Å². The van der Waals surface area contributed by atoms with Gasteiger partial charge in [-0.1, -0.05) is 20.8 Å². The van der Waals surface area contributed by atoms with Gasteiger partial charge in [0.25, 0.3) is 10.1 Å². The quantitative estimate of drug-likeness (QED) is 0.588. The Morgan fingerprint density at radius 3 is 2.23 bits per heavy atom. The number of hydrogen-bond acceptors (Lipinski definition) is 3. The molecule has 1 aliphatic rings. The molecular formula is C15H31N2O4S+. The van der Waals surface area contributed by atoms with E-state index in [4.69, 9.17) is 4.55 Å². The molecule has 1 N–H and O–H groups in total. The van der Waals surface area contributed by atoms with Gasteiger partial charge in [-0.3, -0.25) is 9.35 Å². The fourth-order valence-corrected chi connectivity index (χ4v) is 3.18. The Bertz CT molecular complexity index is 474. The van der Waals surface area contributed by atoms with Crippen LogP contribution in [-0.4, -0.2) is 73.8 Å². The molecule has 0 aromatic rings. The zero-order valence-corrected chi connectivity index (χ0v) is 15.2. The summed E-state index contributed by atoms with van der Waals surface area (Å²) in [6.07, 6.45) is 1.94. The fourth-order valence-electron chi connectivity index (χ4n) is 2.69. The van der Waals surface area contributed by atoms with Crippen molar-refractivity contribution in [3.05, 3.63) is 0 Å². The minimum absolute atomic E-state index is 0.172. The molecule has 1 rings (SSSR count). The van der Waals surface area contributed by atoms with Gasteiger partial charge in [0.2, 0.25) is 5.91 Å². The minimum Gasteiger partial charge on any atom is -0.331 e. The highest BCUT2D eigenvalue weighted by Crippen LogP contribution is 2.22. The van der Waals surface area contributed by atoms with Gasteiger partial charge in [-0.05, 0) is 11.8 Å². The van der Waals surface area contributed by atoms with Crippen LogP contribution in [-0.2, 0) is 14.9 Å². The monoisotopic (exact) mass is 335 g/mol. The molecule has 1 heterocycles. The van der Waals surface area contributed by atoms with Crippen LogP contribution in [0.2, 0.25) is 0 Å². The lowest BCUT2D eigenvalue weighted by Gasteiger charge is -2.42. The average Bonchev–Trinajstić information content (AvgIpc) is 2.34. The lowest BCUT2D eigenvalue weighted by atomic mass is 9.90. The maximum atomic E-state index is 12.2. The molecule has 1 aliphatic heterocycles.